The zero-order chi connectivity index (χ0) is 13.8. The van der Waals surface area contributed by atoms with E-state index >= 15 is 0 Å². The first-order chi connectivity index (χ1) is 9.06. The van der Waals surface area contributed by atoms with Crippen molar-refractivity contribution in [3.05, 3.63) is 35.4 Å². The fourth-order valence-corrected chi connectivity index (χ4v) is 2.62. The highest BCUT2D eigenvalue weighted by molar-refractivity contribution is 7.80. The van der Waals surface area contributed by atoms with Gasteiger partial charge in [0.25, 0.3) is 0 Å². The lowest BCUT2D eigenvalue weighted by atomic mass is 9.96. The largest absolute Gasteiger partial charge is 0.478 e. The predicted molar refractivity (Wildman–Crippen MR) is 78.2 cm³/mol. The second-order valence-electron chi connectivity index (χ2n) is 4.95. The SMILES string of the molecule is NC(=S)C1CCN(Cc2ccc(C(=O)O)cc2)CC1. The van der Waals surface area contributed by atoms with Gasteiger partial charge in [-0.15, -0.1) is 0 Å². The molecule has 1 heterocycles. The minimum Gasteiger partial charge on any atom is -0.478 e. The van der Waals surface area contributed by atoms with Crippen molar-refractivity contribution in [1.29, 1.82) is 0 Å². The van der Waals surface area contributed by atoms with E-state index in [0.717, 1.165) is 38.0 Å². The fraction of sp³-hybridized carbons (Fsp3) is 0.429. The van der Waals surface area contributed by atoms with Crippen molar-refractivity contribution in [1.82, 2.24) is 4.90 Å². The van der Waals surface area contributed by atoms with E-state index in [2.05, 4.69) is 4.90 Å². The second-order valence-corrected chi connectivity index (χ2v) is 5.43. The van der Waals surface area contributed by atoms with Crippen LogP contribution in [-0.4, -0.2) is 34.1 Å². The number of hydrogen-bond donors (Lipinski definition) is 2. The standard InChI is InChI=1S/C14H18N2O2S/c15-13(19)11-5-7-16(8-6-11)9-10-1-3-12(4-2-10)14(17)18/h1-4,11H,5-9H2,(H2,15,19)(H,17,18). The maximum atomic E-state index is 10.8. The van der Waals surface area contributed by atoms with Crippen LogP contribution >= 0.6 is 12.2 Å². The number of likely N-dealkylation sites (tertiary alicyclic amines) is 1. The molecule has 0 spiro atoms. The van der Waals surface area contributed by atoms with Crippen molar-refractivity contribution < 1.29 is 9.90 Å². The van der Waals surface area contributed by atoms with Gasteiger partial charge in [0, 0.05) is 12.5 Å². The third-order valence-corrected chi connectivity index (χ3v) is 3.93. The van der Waals surface area contributed by atoms with Gasteiger partial charge in [-0.3, -0.25) is 4.90 Å². The summed E-state index contributed by atoms with van der Waals surface area (Å²) in [5.74, 6) is -0.510. The number of benzene rings is 1. The van der Waals surface area contributed by atoms with Gasteiger partial charge in [0.1, 0.15) is 0 Å². The molecule has 0 aliphatic carbocycles. The third kappa shape index (κ3) is 3.75. The molecule has 1 saturated heterocycles. The molecule has 1 aromatic rings. The Balaban J connectivity index is 1.88. The molecular weight excluding hydrogens is 260 g/mol. The number of aromatic carboxylic acids is 1. The summed E-state index contributed by atoms with van der Waals surface area (Å²) >= 11 is 5.03. The lowest BCUT2D eigenvalue weighted by Crippen LogP contribution is -2.37. The van der Waals surface area contributed by atoms with Crippen LogP contribution in [0.2, 0.25) is 0 Å². The number of hydrogen-bond acceptors (Lipinski definition) is 3. The molecule has 0 amide bonds. The van der Waals surface area contributed by atoms with Crippen LogP contribution in [0.25, 0.3) is 0 Å². The normalized spacial score (nSPS) is 17.3. The average molecular weight is 278 g/mol. The van der Waals surface area contributed by atoms with Gasteiger partial charge in [-0.2, -0.15) is 0 Å². The molecule has 0 bridgehead atoms. The summed E-state index contributed by atoms with van der Waals surface area (Å²) in [6.07, 6.45) is 2.03. The van der Waals surface area contributed by atoms with E-state index < -0.39 is 5.97 Å². The Kier molecular flexibility index (Phi) is 4.50. The molecule has 1 aromatic carbocycles. The monoisotopic (exact) mass is 278 g/mol. The second kappa shape index (κ2) is 6.12. The van der Waals surface area contributed by atoms with Crippen LogP contribution in [0.15, 0.2) is 24.3 Å². The Hall–Kier alpha value is -1.46. The molecule has 5 heteroatoms. The maximum Gasteiger partial charge on any atom is 0.335 e. The smallest absolute Gasteiger partial charge is 0.335 e. The molecule has 4 nitrogen and oxygen atoms in total. The number of rotatable bonds is 4. The van der Waals surface area contributed by atoms with Gasteiger partial charge in [-0.1, -0.05) is 24.4 Å². The van der Waals surface area contributed by atoms with E-state index in [1.165, 1.54) is 0 Å². The number of piperidine rings is 1. The Labute approximate surface area is 118 Å². The molecule has 0 unspecified atom stereocenters. The predicted octanol–water partition coefficient (Wildman–Crippen LogP) is 1.88. The highest BCUT2D eigenvalue weighted by Crippen LogP contribution is 2.19. The Morgan fingerprint density at radius 2 is 1.89 bits per heavy atom. The first-order valence-electron chi connectivity index (χ1n) is 6.40. The number of carboxylic acids is 1. The lowest BCUT2D eigenvalue weighted by Gasteiger charge is -2.31. The Bertz CT molecular complexity index is 465. The third-order valence-electron chi connectivity index (χ3n) is 3.60. The molecule has 0 saturated carbocycles. The Morgan fingerprint density at radius 1 is 1.32 bits per heavy atom. The fourth-order valence-electron chi connectivity index (χ4n) is 2.39. The van der Waals surface area contributed by atoms with Crippen molar-refractivity contribution in [3.63, 3.8) is 0 Å². The summed E-state index contributed by atoms with van der Waals surface area (Å²) in [4.78, 5) is 13.7. The van der Waals surface area contributed by atoms with Crippen molar-refractivity contribution in [2.75, 3.05) is 13.1 Å². The van der Waals surface area contributed by atoms with Gasteiger partial charge in [0.05, 0.1) is 10.6 Å². The van der Waals surface area contributed by atoms with E-state index in [9.17, 15) is 4.79 Å². The molecule has 2 rings (SSSR count). The Morgan fingerprint density at radius 3 is 2.37 bits per heavy atom. The summed E-state index contributed by atoms with van der Waals surface area (Å²) < 4.78 is 0. The number of nitrogens with two attached hydrogens (primary N) is 1. The molecule has 19 heavy (non-hydrogen) atoms. The summed E-state index contributed by atoms with van der Waals surface area (Å²) in [5, 5.41) is 8.84. The van der Waals surface area contributed by atoms with E-state index in [4.69, 9.17) is 23.1 Å². The first-order valence-corrected chi connectivity index (χ1v) is 6.81. The van der Waals surface area contributed by atoms with E-state index in [0.29, 0.717) is 16.5 Å². The van der Waals surface area contributed by atoms with Crippen molar-refractivity contribution in [3.8, 4) is 0 Å². The summed E-state index contributed by atoms with van der Waals surface area (Å²) in [6.45, 7) is 2.83. The molecule has 0 aromatic heterocycles. The quantitative estimate of drug-likeness (QED) is 0.823. The molecule has 0 radical (unpaired) electrons. The number of carboxylic acid groups (broad SMARTS) is 1. The summed E-state index contributed by atoms with van der Waals surface area (Å²) in [5.41, 5.74) is 7.13. The van der Waals surface area contributed by atoms with Crippen molar-refractivity contribution >= 4 is 23.2 Å². The van der Waals surface area contributed by atoms with Gasteiger partial charge < -0.3 is 10.8 Å². The summed E-state index contributed by atoms with van der Waals surface area (Å²) in [6, 6.07) is 7.06. The van der Waals surface area contributed by atoms with Gasteiger partial charge in [-0.25, -0.2) is 4.79 Å². The summed E-state index contributed by atoms with van der Waals surface area (Å²) in [7, 11) is 0. The van der Waals surface area contributed by atoms with Crippen molar-refractivity contribution in [2.45, 2.75) is 19.4 Å². The van der Waals surface area contributed by atoms with Crippen LogP contribution < -0.4 is 5.73 Å². The zero-order valence-electron chi connectivity index (χ0n) is 10.7. The van der Waals surface area contributed by atoms with E-state index in [1.54, 1.807) is 12.1 Å². The lowest BCUT2D eigenvalue weighted by molar-refractivity contribution is 0.0697. The highest BCUT2D eigenvalue weighted by atomic mass is 32.1. The van der Waals surface area contributed by atoms with Crippen LogP contribution in [0.1, 0.15) is 28.8 Å². The minimum atomic E-state index is -0.885. The van der Waals surface area contributed by atoms with Gasteiger partial charge in [-0.05, 0) is 43.6 Å². The topological polar surface area (TPSA) is 66.6 Å². The number of thiocarbonyl (C=S) groups is 1. The number of nitrogens with zero attached hydrogens (tertiary/aromatic N) is 1. The maximum absolute atomic E-state index is 10.8. The van der Waals surface area contributed by atoms with E-state index in [1.807, 2.05) is 12.1 Å². The van der Waals surface area contributed by atoms with Gasteiger partial charge >= 0.3 is 5.97 Å². The van der Waals surface area contributed by atoms with Crippen LogP contribution in [0.5, 0.6) is 0 Å². The average Bonchev–Trinajstić information content (AvgIpc) is 2.40. The highest BCUT2D eigenvalue weighted by Gasteiger charge is 2.20. The van der Waals surface area contributed by atoms with Crippen molar-refractivity contribution in [2.24, 2.45) is 11.7 Å². The zero-order valence-corrected chi connectivity index (χ0v) is 11.5. The molecule has 1 fully saturated rings. The van der Waals surface area contributed by atoms with Crippen LogP contribution in [0, 0.1) is 5.92 Å². The first kappa shape index (κ1) is 14.0. The van der Waals surface area contributed by atoms with E-state index in [-0.39, 0.29) is 0 Å². The molecule has 102 valence electrons. The van der Waals surface area contributed by atoms with Gasteiger partial charge in [0.15, 0.2) is 0 Å². The minimum absolute atomic E-state index is 0.330. The van der Waals surface area contributed by atoms with Crippen LogP contribution in [0.3, 0.4) is 0 Å². The molecule has 3 N–H and O–H groups in total. The van der Waals surface area contributed by atoms with Crippen LogP contribution in [0.4, 0.5) is 0 Å². The number of carbonyl (C=O) groups is 1. The molecule has 1 aliphatic rings. The van der Waals surface area contributed by atoms with Crippen LogP contribution in [-0.2, 0) is 6.54 Å². The molecule has 1 aliphatic heterocycles. The molecular formula is C14H18N2O2S. The van der Waals surface area contributed by atoms with Gasteiger partial charge in [0.2, 0.25) is 0 Å². The molecule has 0 atom stereocenters.